The molecule has 0 aliphatic carbocycles. The minimum Gasteiger partial charge on any atom is -0.508 e. The van der Waals surface area contributed by atoms with E-state index in [1.165, 1.54) is 6.92 Å². The van der Waals surface area contributed by atoms with Gasteiger partial charge in [0.15, 0.2) is 0 Å². The Morgan fingerprint density at radius 1 is 1.31 bits per heavy atom. The number of aromatic hydroxyl groups is 1. The summed E-state index contributed by atoms with van der Waals surface area (Å²) in [5.41, 5.74) is 2.37. The summed E-state index contributed by atoms with van der Waals surface area (Å²) in [6.07, 6.45) is 0. The zero-order valence-corrected chi connectivity index (χ0v) is 8.01. The van der Waals surface area contributed by atoms with Crippen LogP contribution in [0.4, 0.5) is 5.69 Å². The average molecular weight is 179 g/mol. The fourth-order valence-corrected chi connectivity index (χ4v) is 1.13. The van der Waals surface area contributed by atoms with Crippen LogP contribution >= 0.6 is 0 Å². The number of aryl methyl sites for hydroxylation is 2. The van der Waals surface area contributed by atoms with E-state index in [0.29, 0.717) is 0 Å². The van der Waals surface area contributed by atoms with Gasteiger partial charge >= 0.3 is 0 Å². The monoisotopic (exact) mass is 179 g/mol. The predicted octanol–water partition coefficient (Wildman–Crippen LogP) is 1.97. The molecule has 0 radical (unpaired) electrons. The molecule has 0 fully saturated rings. The fraction of sp³-hybridized carbons (Fsp3) is 0.300. The maximum absolute atomic E-state index is 10.8. The third kappa shape index (κ3) is 2.21. The van der Waals surface area contributed by atoms with Crippen molar-refractivity contribution >= 4 is 11.6 Å². The van der Waals surface area contributed by atoms with Crippen molar-refractivity contribution in [1.82, 2.24) is 0 Å². The summed E-state index contributed by atoms with van der Waals surface area (Å²) in [4.78, 5) is 10.8. The van der Waals surface area contributed by atoms with E-state index in [9.17, 15) is 9.90 Å². The lowest BCUT2D eigenvalue weighted by Crippen LogP contribution is -2.07. The second-order valence-electron chi connectivity index (χ2n) is 3.13. The van der Waals surface area contributed by atoms with Crippen molar-refractivity contribution in [2.75, 3.05) is 5.32 Å². The van der Waals surface area contributed by atoms with Gasteiger partial charge in [-0.1, -0.05) is 0 Å². The number of phenols is 1. The highest BCUT2D eigenvalue weighted by Gasteiger charge is 2.03. The third-order valence-corrected chi connectivity index (χ3v) is 1.85. The predicted molar refractivity (Wildman–Crippen MR) is 51.9 cm³/mol. The molecule has 0 aliphatic heterocycles. The Morgan fingerprint density at radius 2 is 1.92 bits per heavy atom. The van der Waals surface area contributed by atoms with Crippen molar-refractivity contribution < 1.29 is 9.90 Å². The van der Waals surface area contributed by atoms with E-state index in [1.807, 2.05) is 6.92 Å². The lowest BCUT2D eigenvalue weighted by Gasteiger charge is -2.08. The van der Waals surface area contributed by atoms with Crippen LogP contribution in [0, 0.1) is 13.8 Å². The Labute approximate surface area is 77.4 Å². The highest BCUT2D eigenvalue weighted by Crippen LogP contribution is 2.24. The first-order valence-corrected chi connectivity index (χ1v) is 4.08. The number of nitrogens with one attached hydrogen (secondary N) is 1. The molecule has 1 aromatic carbocycles. The van der Waals surface area contributed by atoms with Gasteiger partial charge in [0.25, 0.3) is 0 Å². The van der Waals surface area contributed by atoms with Crippen LogP contribution in [0.3, 0.4) is 0 Å². The molecule has 0 aliphatic rings. The SMILES string of the molecule is CC(=O)Nc1cc(C)c(O)cc1C. The van der Waals surface area contributed by atoms with Crippen LogP contribution in [0.1, 0.15) is 18.1 Å². The molecule has 2 N–H and O–H groups in total. The molecular weight excluding hydrogens is 166 g/mol. The highest BCUT2D eigenvalue weighted by molar-refractivity contribution is 5.89. The molecule has 0 unspecified atom stereocenters. The van der Waals surface area contributed by atoms with Gasteiger partial charge in [-0.3, -0.25) is 4.79 Å². The van der Waals surface area contributed by atoms with E-state index in [-0.39, 0.29) is 11.7 Å². The number of rotatable bonds is 1. The van der Waals surface area contributed by atoms with Gasteiger partial charge in [-0.25, -0.2) is 0 Å². The second-order valence-corrected chi connectivity index (χ2v) is 3.13. The molecule has 0 saturated heterocycles. The molecule has 3 heteroatoms. The Bertz CT molecular complexity index is 345. The first-order chi connectivity index (χ1) is 6.00. The van der Waals surface area contributed by atoms with E-state index < -0.39 is 0 Å². The molecular formula is C10H13NO2. The second kappa shape index (κ2) is 3.47. The molecule has 0 heterocycles. The van der Waals surface area contributed by atoms with Crippen molar-refractivity contribution in [1.29, 1.82) is 0 Å². The van der Waals surface area contributed by atoms with Gasteiger partial charge in [-0.05, 0) is 37.1 Å². The molecule has 0 bridgehead atoms. The van der Waals surface area contributed by atoms with Crippen molar-refractivity contribution in [3.8, 4) is 5.75 Å². The molecule has 0 aromatic heterocycles. The summed E-state index contributed by atoms with van der Waals surface area (Å²) in [7, 11) is 0. The van der Waals surface area contributed by atoms with Crippen molar-refractivity contribution in [3.05, 3.63) is 23.3 Å². The quantitative estimate of drug-likeness (QED) is 0.647. The highest BCUT2D eigenvalue weighted by atomic mass is 16.3. The van der Waals surface area contributed by atoms with E-state index in [0.717, 1.165) is 16.8 Å². The van der Waals surface area contributed by atoms with Crippen molar-refractivity contribution in [2.24, 2.45) is 0 Å². The summed E-state index contributed by atoms with van der Waals surface area (Å²) >= 11 is 0. The summed E-state index contributed by atoms with van der Waals surface area (Å²) in [6, 6.07) is 3.40. The summed E-state index contributed by atoms with van der Waals surface area (Å²) in [5.74, 6) is 0.153. The molecule has 0 atom stereocenters. The van der Waals surface area contributed by atoms with Gasteiger partial charge in [0.1, 0.15) is 5.75 Å². The van der Waals surface area contributed by atoms with Crippen LogP contribution in [0.5, 0.6) is 5.75 Å². The van der Waals surface area contributed by atoms with Crippen LogP contribution in [0.2, 0.25) is 0 Å². The summed E-state index contributed by atoms with van der Waals surface area (Å²) in [5, 5.41) is 12.0. The number of benzene rings is 1. The van der Waals surface area contributed by atoms with Gasteiger partial charge in [-0.2, -0.15) is 0 Å². The zero-order valence-electron chi connectivity index (χ0n) is 8.01. The van der Waals surface area contributed by atoms with Gasteiger partial charge in [0.2, 0.25) is 5.91 Å². The standard InChI is InChI=1S/C10H13NO2/c1-6-5-10(13)7(2)4-9(6)11-8(3)12/h4-5,13H,1-3H3,(H,11,12). The topological polar surface area (TPSA) is 49.3 Å². The minimum atomic E-state index is -0.104. The number of phenolic OH excluding ortho intramolecular Hbond substituents is 1. The maximum Gasteiger partial charge on any atom is 0.221 e. The lowest BCUT2D eigenvalue weighted by molar-refractivity contribution is -0.114. The smallest absolute Gasteiger partial charge is 0.221 e. The van der Waals surface area contributed by atoms with Gasteiger partial charge in [0.05, 0.1) is 0 Å². The number of carbonyl (C=O) groups is 1. The number of carbonyl (C=O) groups excluding carboxylic acids is 1. The van der Waals surface area contributed by atoms with Crippen LogP contribution in [0.25, 0.3) is 0 Å². The normalized spacial score (nSPS) is 9.77. The molecule has 3 nitrogen and oxygen atoms in total. The minimum absolute atomic E-state index is 0.104. The summed E-state index contributed by atoms with van der Waals surface area (Å²) in [6.45, 7) is 5.09. The van der Waals surface area contributed by atoms with Crippen molar-refractivity contribution in [3.63, 3.8) is 0 Å². The molecule has 0 saturated carbocycles. The first kappa shape index (κ1) is 9.58. The number of hydrogen-bond acceptors (Lipinski definition) is 2. The van der Waals surface area contributed by atoms with E-state index in [1.54, 1.807) is 19.1 Å². The number of anilines is 1. The molecule has 1 rings (SSSR count). The molecule has 13 heavy (non-hydrogen) atoms. The van der Waals surface area contributed by atoms with Gasteiger partial charge in [-0.15, -0.1) is 0 Å². The Balaban J connectivity index is 3.08. The van der Waals surface area contributed by atoms with Crippen molar-refractivity contribution in [2.45, 2.75) is 20.8 Å². The van der Waals surface area contributed by atoms with Crippen LogP contribution in [-0.4, -0.2) is 11.0 Å². The Kier molecular flexibility index (Phi) is 2.56. The molecule has 1 aromatic rings. The Hall–Kier alpha value is -1.51. The van der Waals surface area contributed by atoms with E-state index in [2.05, 4.69) is 5.32 Å². The molecule has 70 valence electrons. The van der Waals surface area contributed by atoms with E-state index in [4.69, 9.17) is 0 Å². The average Bonchev–Trinajstić information content (AvgIpc) is 1.99. The number of amides is 1. The zero-order chi connectivity index (χ0) is 10.0. The van der Waals surface area contributed by atoms with Gasteiger partial charge in [0, 0.05) is 12.6 Å². The summed E-state index contributed by atoms with van der Waals surface area (Å²) < 4.78 is 0. The first-order valence-electron chi connectivity index (χ1n) is 4.08. The van der Waals surface area contributed by atoms with Crippen LogP contribution in [-0.2, 0) is 4.79 Å². The lowest BCUT2D eigenvalue weighted by atomic mass is 10.1. The van der Waals surface area contributed by atoms with Gasteiger partial charge < -0.3 is 10.4 Å². The molecule has 0 spiro atoms. The largest absolute Gasteiger partial charge is 0.508 e. The third-order valence-electron chi connectivity index (χ3n) is 1.85. The maximum atomic E-state index is 10.8. The van der Waals surface area contributed by atoms with E-state index >= 15 is 0 Å². The van der Waals surface area contributed by atoms with Crippen LogP contribution in [0.15, 0.2) is 12.1 Å². The Morgan fingerprint density at radius 3 is 2.46 bits per heavy atom. The fourth-order valence-electron chi connectivity index (χ4n) is 1.13. The molecule has 1 amide bonds. The number of hydrogen-bond donors (Lipinski definition) is 2. The van der Waals surface area contributed by atoms with Crippen LogP contribution < -0.4 is 5.32 Å².